The summed E-state index contributed by atoms with van der Waals surface area (Å²) in [7, 11) is 0. The number of benzene rings is 2. The predicted molar refractivity (Wildman–Crippen MR) is 118 cm³/mol. The predicted octanol–water partition coefficient (Wildman–Crippen LogP) is 4.42. The monoisotopic (exact) mass is 485 g/mol. The van der Waals surface area contributed by atoms with Crippen LogP contribution in [0, 0.1) is 11.3 Å². The average Bonchev–Trinajstić information content (AvgIpc) is 3.07. The molecule has 2 aromatic rings. The average molecular weight is 486 g/mol. The number of halogens is 1. The van der Waals surface area contributed by atoms with E-state index >= 15 is 0 Å². The highest BCUT2D eigenvalue weighted by atomic mass is 79.9. The van der Waals surface area contributed by atoms with Crippen molar-refractivity contribution < 1.29 is 19.1 Å². The largest absolute Gasteiger partial charge is 0.478 e. The number of ether oxygens (including phenoxy) is 2. The van der Waals surface area contributed by atoms with Gasteiger partial charge in [-0.05, 0) is 67.2 Å². The van der Waals surface area contributed by atoms with Crippen LogP contribution in [0.4, 0.5) is 5.69 Å². The van der Waals surface area contributed by atoms with E-state index in [1.807, 2.05) is 6.07 Å². The van der Waals surface area contributed by atoms with Gasteiger partial charge < -0.3 is 14.8 Å². The summed E-state index contributed by atoms with van der Waals surface area (Å²) in [6, 6.07) is 13.8. The van der Waals surface area contributed by atoms with Crippen LogP contribution >= 0.6 is 27.7 Å². The summed E-state index contributed by atoms with van der Waals surface area (Å²) in [5.41, 5.74) is 1.69. The van der Waals surface area contributed by atoms with Crippen molar-refractivity contribution in [1.82, 2.24) is 5.32 Å². The molecule has 30 heavy (non-hydrogen) atoms. The lowest BCUT2D eigenvalue weighted by molar-refractivity contribution is -0.115. The summed E-state index contributed by atoms with van der Waals surface area (Å²) < 4.78 is 11.2. The van der Waals surface area contributed by atoms with E-state index in [4.69, 9.17) is 14.7 Å². The van der Waals surface area contributed by atoms with Crippen molar-refractivity contribution in [2.75, 3.05) is 13.2 Å². The molecule has 9 heteroatoms. The highest BCUT2D eigenvalue weighted by Crippen LogP contribution is 2.32. The molecule has 1 fully saturated rings. The van der Waals surface area contributed by atoms with E-state index in [0.29, 0.717) is 39.2 Å². The third-order valence-corrected chi connectivity index (χ3v) is 5.21. The van der Waals surface area contributed by atoms with Crippen LogP contribution in [0.2, 0.25) is 0 Å². The van der Waals surface area contributed by atoms with Crippen LogP contribution in [-0.2, 0) is 9.53 Å². The number of hydrogen-bond donors (Lipinski definition) is 1. The Bertz CT molecular complexity index is 1070. The molecule has 3 rings (SSSR count). The molecule has 1 heterocycles. The topological polar surface area (TPSA) is 101 Å². The number of nitrogens with one attached hydrogen (secondary N) is 1. The van der Waals surface area contributed by atoms with Crippen LogP contribution in [0.1, 0.15) is 22.8 Å². The third-order valence-electron chi connectivity index (χ3n) is 3.81. The molecule has 0 unspecified atom stereocenters. The smallest absolute Gasteiger partial charge is 0.338 e. The van der Waals surface area contributed by atoms with Crippen LogP contribution in [0.25, 0.3) is 6.08 Å². The van der Waals surface area contributed by atoms with E-state index < -0.39 is 5.97 Å². The van der Waals surface area contributed by atoms with Gasteiger partial charge in [0.15, 0.2) is 11.8 Å². The minimum Gasteiger partial charge on any atom is -0.478 e. The molecule has 1 N–H and O–H groups in total. The van der Waals surface area contributed by atoms with E-state index in [1.165, 1.54) is 11.8 Å². The quantitative estimate of drug-likeness (QED) is 0.479. The van der Waals surface area contributed by atoms with Gasteiger partial charge in [0.2, 0.25) is 0 Å². The summed E-state index contributed by atoms with van der Waals surface area (Å²) in [6.45, 7) is 1.96. The standard InChI is InChI=1S/C21H16BrN3O4S/c1-2-28-20(27)13-3-6-16(7-4-13)24-21-25-19(26)18(30-21)12-14-11-15(22)5-8-17(14)29-10-9-23/h3-8,11-12H,2,10H2,1H3,(H,24,25,26). The van der Waals surface area contributed by atoms with Crippen molar-refractivity contribution >= 4 is 56.5 Å². The minimum absolute atomic E-state index is 0.0916. The van der Waals surface area contributed by atoms with Gasteiger partial charge in [-0.15, -0.1) is 0 Å². The van der Waals surface area contributed by atoms with Gasteiger partial charge in [-0.2, -0.15) is 5.26 Å². The zero-order valence-corrected chi connectivity index (χ0v) is 18.2. The van der Waals surface area contributed by atoms with E-state index in [-0.39, 0.29) is 12.5 Å². The second-order valence-electron chi connectivity index (χ2n) is 5.88. The molecule has 0 saturated carbocycles. The van der Waals surface area contributed by atoms with Gasteiger partial charge in [0.1, 0.15) is 11.8 Å². The molecule has 1 saturated heterocycles. The molecule has 2 aromatic carbocycles. The molecule has 1 aliphatic heterocycles. The number of nitrogens with zero attached hydrogens (tertiary/aromatic N) is 2. The van der Waals surface area contributed by atoms with Gasteiger partial charge in [0.25, 0.3) is 5.91 Å². The Morgan fingerprint density at radius 2 is 2.07 bits per heavy atom. The maximum Gasteiger partial charge on any atom is 0.338 e. The van der Waals surface area contributed by atoms with Gasteiger partial charge in [0.05, 0.1) is 22.8 Å². The first kappa shape index (κ1) is 21.6. The lowest BCUT2D eigenvalue weighted by atomic mass is 10.2. The van der Waals surface area contributed by atoms with Crippen molar-refractivity contribution in [2.24, 2.45) is 4.99 Å². The van der Waals surface area contributed by atoms with E-state index in [9.17, 15) is 9.59 Å². The number of amidine groups is 1. The van der Waals surface area contributed by atoms with E-state index in [1.54, 1.807) is 55.5 Å². The van der Waals surface area contributed by atoms with Crippen molar-refractivity contribution in [3.8, 4) is 11.8 Å². The van der Waals surface area contributed by atoms with Crippen LogP contribution in [0.5, 0.6) is 5.75 Å². The highest BCUT2D eigenvalue weighted by Gasteiger charge is 2.24. The van der Waals surface area contributed by atoms with Crippen LogP contribution in [0.3, 0.4) is 0 Å². The van der Waals surface area contributed by atoms with E-state index in [2.05, 4.69) is 26.2 Å². The number of carbonyl (C=O) groups excluding carboxylic acids is 2. The third kappa shape index (κ3) is 5.49. The second-order valence-corrected chi connectivity index (χ2v) is 7.82. The number of esters is 1. The first-order chi connectivity index (χ1) is 14.5. The maximum absolute atomic E-state index is 12.4. The number of amides is 1. The van der Waals surface area contributed by atoms with Crippen LogP contribution in [-0.4, -0.2) is 30.3 Å². The Morgan fingerprint density at radius 1 is 1.30 bits per heavy atom. The Morgan fingerprint density at radius 3 is 2.77 bits per heavy atom. The van der Waals surface area contributed by atoms with Crippen LogP contribution in [0.15, 0.2) is 56.8 Å². The molecular weight excluding hydrogens is 470 g/mol. The van der Waals surface area contributed by atoms with Gasteiger partial charge >= 0.3 is 5.97 Å². The normalized spacial score (nSPS) is 15.7. The molecule has 1 amide bonds. The number of rotatable bonds is 6. The highest BCUT2D eigenvalue weighted by molar-refractivity contribution is 9.10. The number of thioether (sulfide) groups is 1. The van der Waals surface area contributed by atoms with Crippen molar-refractivity contribution in [3.05, 3.63) is 63.0 Å². The fraction of sp³-hybridized carbons (Fsp3) is 0.143. The number of hydrogen-bond acceptors (Lipinski definition) is 7. The molecule has 7 nitrogen and oxygen atoms in total. The molecule has 0 atom stereocenters. The van der Waals surface area contributed by atoms with Crippen LogP contribution < -0.4 is 10.1 Å². The summed E-state index contributed by atoms with van der Waals surface area (Å²) in [4.78, 5) is 28.9. The second kappa shape index (κ2) is 10.1. The van der Waals surface area contributed by atoms with Gasteiger partial charge in [0, 0.05) is 10.0 Å². The van der Waals surface area contributed by atoms with Crippen molar-refractivity contribution in [2.45, 2.75) is 6.92 Å². The molecule has 0 aliphatic carbocycles. The molecule has 0 radical (unpaired) electrons. The summed E-state index contributed by atoms with van der Waals surface area (Å²) in [5.74, 6) is -0.178. The first-order valence-corrected chi connectivity index (χ1v) is 10.5. The van der Waals surface area contributed by atoms with Gasteiger partial charge in [-0.1, -0.05) is 15.9 Å². The summed E-state index contributed by atoms with van der Waals surface area (Å²) >= 11 is 4.59. The number of aliphatic imine (C=N–C) groups is 1. The summed E-state index contributed by atoms with van der Waals surface area (Å²) in [6.07, 6.45) is 1.68. The fourth-order valence-corrected chi connectivity index (χ4v) is 3.71. The Kier molecular flexibility index (Phi) is 7.27. The lowest BCUT2D eigenvalue weighted by Gasteiger charge is -2.07. The molecule has 0 aromatic heterocycles. The molecule has 0 bridgehead atoms. The number of carbonyl (C=O) groups is 2. The zero-order valence-electron chi connectivity index (χ0n) is 15.8. The minimum atomic E-state index is -0.395. The Hall–Kier alpha value is -3.09. The Balaban J connectivity index is 1.79. The first-order valence-electron chi connectivity index (χ1n) is 8.86. The fourth-order valence-electron chi connectivity index (χ4n) is 2.50. The molecule has 152 valence electrons. The number of nitriles is 1. The lowest BCUT2D eigenvalue weighted by Crippen LogP contribution is -2.19. The van der Waals surface area contributed by atoms with E-state index in [0.717, 1.165) is 4.47 Å². The molecular formula is C21H16BrN3O4S. The van der Waals surface area contributed by atoms with Gasteiger partial charge in [-0.25, -0.2) is 9.79 Å². The van der Waals surface area contributed by atoms with Gasteiger partial charge in [-0.3, -0.25) is 4.79 Å². The Labute approximate surface area is 185 Å². The molecule has 1 aliphatic rings. The zero-order chi connectivity index (χ0) is 21.5. The van der Waals surface area contributed by atoms with Crippen molar-refractivity contribution in [3.63, 3.8) is 0 Å². The maximum atomic E-state index is 12.4. The SMILES string of the molecule is CCOC(=O)c1ccc(N=C2NC(=O)C(=Cc3cc(Br)ccc3OCC#N)S2)cc1. The van der Waals surface area contributed by atoms with Crippen molar-refractivity contribution in [1.29, 1.82) is 5.26 Å². The molecule has 0 spiro atoms. The summed E-state index contributed by atoms with van der Waals surface area (Å²) in [5, 5.41) is 11.9.